The molecule has 0 heterocycles. The van der Waals surface area contributed by atoms with Gasteiger partial charge >= 0.3 is 0 Å². The van der Waals surface area contributed by atoms with Gasteiger partial charge in [0, 0.05) is 0 Å². The van der Waals surface area contributed by atoms with Gasteiger partial charge in [0.2, 0.25) is 0 Å². The standard InChI is InChI=1S/C14H12Cl2N2/c1-10-5-2-3-6-11(10)9-17-18-14-12(15)7-4-8-13(14)16/h2-9,18H,1H3/b17-9+. The third kappa shape index (κ3) is 3.03. The molecule has 1 N–H and O–H groups in total. The molecule has 0 bridgehead atoms. The zero-order valence-electron chi connectivity index (χ0n) is 9.82. The molecule has 2 nitrogen and oxygen atoms in total. The molecule has 92 valence electrons. The van der Waals surface area contributed by atoms with Crippen LogP contribution >= 0.6 is 23.2 Å². The van der Waals surface area contributed by atoms with Gasteiger partial charge in [0.15, 0.2) is 0 Å². The molecule has 4 heteroatoms. The van der Waals surface area contributed by atoms with Crippen molar-refractivity contribution in [2.45, 2.75) is 6.92 Å². The topological polar surface area (TPSA) is 24.4 Å². The molecule has 0 atom stereocenters. The number of nitrogens with one attached hydrogen (secondary N) is 1. The summed E-state index contributed by atoms with van der Waals surface area (Å²) in [5, 5.41) is 5.24. The predicted octanol–water partition coefficient (Wildman–Crippen LogP) is 4.75. The quantitative estimate of drug-likeness (QED) is 0.636. The second-order valence-corrected chi connectivity index (χ2v) is 4.64. The fourth-order valence-electron chi connectivity index (χ4n) is 1.50. The molecule has 18 heavy (non-hydrogen) atoms. The summed E-state index contributed by atoms with van der Waals surface area (Å²) >= 11 is 12.0. The highest BCUT2D eigenvalue weighted by molar-refractivity contribution is 6.39. The van der Waals surface area contributed by atoms with Gasteiger partial charge in [0.05, 0.1) is 21.9 Å². The van der Waals surface area contributed by atoms with E-state index in [4.69, 9.17) is 23.2 Å². The van der Waals surface area contributed by atoms with Gasteiger partial charge in [-0.1, -0.05) is 53.5 Å². The van der Waals surface area contributed by atoms with Gasteiger partial charge in [-0.25, -0.2) is 0 Å². The van der Waals surface area contributed by atoms with Gasteiger partial charge in [-0.05, 0) is 30.2 Å². The van der Waals surface area contributed by atoms with Crippen LogP contribution in [0.4, 0.5) is 5.69 Å². The van der Waals surface area contributed by atoms with Gasteiger partial charge in [0.1, 0.15) is 0 Å². The lowest BCUT2D eigenvalue weighted by atomic mass is 10.1. The molecular formula is C14H12Cl2N2. The van der Waals surface area contributed by atoms with Crippen LogP contribution in [0.5, 0.6) is 0 Å². The van der Waals surface area contributed by atoms with Crippen LogP contribution in [0, 0.1) is 6.92 Å². The Morgan fingerprint density at radius 2 is 1.67 bits per heavy atom. The predicted molar refractivity (Wildman–Crippen MR) is 78.9 cm³/mol. The molecule has 2 aromatic carbocycles. The molecule has 0 saturated carbocycles. The number of hydrogen-bond donors (Lipinski definition) is 1. The highest BCUT2D eigenvalue weighted by Crippen LogP contribution is 2.29. The molecular weight excluding hydrogens is 267 g/mol. The van der Waals surface area contributed by atoms with Gasteiger partial charge < -0.3 is 0 Å². The summed E-state index contributed by atoms with van der Waals surface area (Å²) in [5.41, 5.74) is 5.69. The van der Waals surface area contributed by atoms with E-state index in [1.807, 2.05) is 31.2 Å². The summed E-state index contributed by atoms with van der Waals surface area (Å²) in [4.78, 5) is 0. The lowest BCUT2D eigenvalue weighted by Crippen LogP contribution is -1.93. The Balaban J connectivity index is 2.15. The Morgan fingerprint density at radius 1 is 1.00 bits per heavy atom. The number of hydrogen-bond acceptors (Lipinski definition) is 2. The Kier molecular flexibility index (Phi) is 4.24. The van der Waals surface area contributed by atoms with Crippen molar-refractivity contribution in [1.29, 1.82) is 0 Å². The number of benzene rings is 2. The number of rotatable bonds is 3. The number of anilines is 1. The van der Waals surface area contributed by atoms with Crippen LogP contribution in [0.15, 0.2) is 47.6 Å². The van der Waals surface area contributed by atoms with Crippen LogP contribution in [0.3, 0.4) is 0 Å². The Hall–Kier alpha value is -1.51. The fourth-order valence-corrected chi connectivity index (χ4v) is 1.98. The average molecular weight is 279 g/mol. The van der Waals surface area contributed by atoms with Gasteiger partial charge in [-0.3, -0.25) is 5.43 Å². The minimum absolute atomic E-state index is 0.546. The van der Waals surface area contributed by atoms with E-state index in [1.54, 1.807) is 24.4 Å². The molecule has 0 saturated heterocycles. The fraction of sp³-hybridized carbons (Fsp3) is 0.0714. The van der Waals surface area contributed by atoms with Gasteiger partial charge in [-0.15, -0.1) is 0 Å². The third-order valence-electron chi connectivity index (χ3n) is 2.53. The van der Waals surface area contributed by atoms with Crippen molar-refractivity contribution in [3.05, 3.63) is 63.6 Å². The summed E-state index contributed by atoms with van der Waals surface area (Å²) in [5.74, 6) is 0. The second-order valence-electron chi connectivity index (χ2n) is 3.82. The normalized spacial score (nSPS) is 10.8. The van der Waals surface area contributed by atoms with Crippen LogP contribution in [0.2, 0.25) is 10.0 Å². The van der Waals surface area contributed by atoms with Crippen LogP contribution in [0.25, 0.3) is 0 Å². The maximum absolute atomic E-state index is 6.02. The highest BCUT2D eigenvalue weighted by atomic mass is 35.5. The molecule has 0 amide bonds. The van der Waals surface area contributed by atoms with Crippen molar-refractivity contribution in [1.82, 2.24) is 0 Å². The van der Waals surface area contributed by atoms with Crippen LogP contribution < -0.4 is 5.43 Å². The Morgan fingerprint density at radius 3 is 2.33 bits per heavy atom. The van der Waals surface area contributed by atoms with E-state index in [0.717, 1.165) is 11.1 Å². The lowest BCUT2D eigenvalue weighted by Gasteiger charge is -2.05. The van der Waals surface area contributed by atoms with E-state index < -0.39 is 0 Å². The number of hydrazone groups is 1. The summed E-state index contributed by atoms with van der Waals surface area (Å²) in [7, 11) is 0. The molecule has 2 aromatic rings. The molecule has 0 fully saturated rings. The molecule has 0 aliphatic rings. The SMILES string of the molecule is Cc1ccccc1/C=N/Nc1c(Cl)cccc1Cl. The molecule has 0 spiro atoms. The van der Waals surface area contributed by atoms with Crippen LogP contribution in [-0.4, -0.2) is 6.21 Å². The van der Waals surface area contributed by atoms with Crippen molar-refractivity contribution in [2.75, 3.05) is 5.43 Å². The minimum Gasteiger partial charge on any atom is -0.275 e. The highest BCUT2D eigenvalue weighted by Gasteiger charge is 2.02. The monoisotopic (exact) mass is 278 g/mol. The molecule has 0 aromatic heterocycles. The largest absolute Gasteiger partial charge is 0.275 e. The van der Waals surface area contributed by atoms with E-state index in [1.165, 1.54) is 0 Å². The number of nitrogens with zero attached hydrogens (tertiary/aromatic N) is 1. The van der Waals surface area contributed by atoms with Crippen LogP contribution in [0.1, 0.15) is 11.1 Å². The van der Waals surface area contributed by atoms with Crippen LogP contribution in [-0.2, 0) is 0 Å². The number of aryl methyl sites for hydroxylation is 1. The van der Waals surface area contributed by atoms with Gasteiger partial charge in [0.25, 0.3) is 0 Å². The first-order chi connectivity index (χ1) is 8.68. The zero-order chi connectivity index (χ0) is 13.0. The first-order valence-corrected chi connectivity index (χ1v) is 6.23. The van der Waals surface area contributed by atoms with Crippen molar-refractivity contribution < 1.29 is 0 Å². The molecule has 0 radical (unpaired) electrons. The molecule has 2 rings (SSSR count). The third-order valence-corrected chi connectivity index (χ3v) is 3.16. The first kappa shape index (κ1) is 12.9. The van der Waals surface area contributed by atoms with E-state index in [2.05, 4.69) is 10.5 Å². The minimum atomic E-state index is 0.546. The molecule has 0 unspecified atom stereocenters. The first-order valence-electron chi connectivity index (χ1n) is 5.47. The smallest absolute Gasteiger partial charge is 0.0934 e. The Bertz CT molecular complexity index is 560. The summed E-state index contributed by atoms with van der Waals surface area (Å²) in [6.07, 6.45) is 1.75. The van der Waals surface area contributed by atoms with Crippen molar-refractivity contribution in [3.63, 3.8) is 0 Å². The summed E-state index contributed by atoms with van der Waals surface area (Å²) in [6.45, 7) is 2.03. The van der Waals surface area contributed by atoms with Crippen molar-refractivity contribution in [2.24, 2.45) is 5.10 Å². The Labute approximate surface area is 116 Å². The maximum atomic E-state index is 6.02. The molecule has 0 aliphatic heterocycles. The van der Waals surface area contributed by atoms with Crippen molar-refractivity contribution >= 4 is 35.1 Å². The zero-order valence-corrected chi connectivity index (χ0v) is 11.3. The van der Waals surface area contributed by atoms with E-state index in [0.29, 0.717) is 15.7 Å². The average Bonchev–Trinajstić information content (AvgIpc) is 2.35. The number of para-hydroxylation sites is 1. The maximum Gasteiger partial charge on any atom is 0.0934 e. The summed E-state index contributed by atoms with van der Waals surface area (Å²) < 4.78 is 0. The summed E-state index contributed by atoms with van der Waals surface area (Å²) in [6, 6.07) is 13.3. The van der Waals surface area contributed by atoms with Gasteiger partial charge in [-0.2, -0.15) is 5.10 Å². The van der Waals surface area contributed by atoms with Crippen molar-refractivity contribution in [3.8, 4) is 0 Å². The van der Waals surface area contributed by atoms with E-state index in [-0.39, 0.29) is 0 Å². The molecule has 0 aliphatic carbocycles. The number of halogens is 2. The van der Waals surface area contributed by atoms with E-state index >= 15 is 0 Å². The second kappa shape index (κ2) is 5.89. The van der Waals surface area contributed by atoms with E-state index in [9.17, 15) is 0 Å². The lowest BCUT2D eigenvalue weighted by molar-refractivity contribution is 1.34.